The van der Waals surface area contributed by atoms with Crippen molar-refractivity contribution in [3.63, 3.8) is 0 Å². The molecule has 0 aliphatic carbocycles. The monoisotopic (exact) mass is 429 g/mol. The predicted molar refractivity (Wildman–Crippen MR) is 118 cm³/mol. The number of imidazole rings is 1. The number of amides is 1. The van der Waals surface area contributed by atoms with Gasteiger partial charge < -0.3 is 10.2 Å². The lowest BCUT2D eigenvalue weighted by Gasteiger charge is -2.34. The van der Waals surface area contributed by atoms with Gasteiger partial charge in [0.2, 0.25) is 5.91 Å². The Morgan fingerprint density at radius 2 is 2.03 bits per heavy atom. The van der Waals surface area contributed by atoms with Crippen LogP contribution in [0.25, 0.3) is 11.0 Å². The van der Waals surface area contributed by atoms with Gasteiger partial charge >= 0.3 is 0 Å². The largest absolute Gasteiger partial charge is 0.344 e. The van der Waals surface area contributed by atoms with Gasteiger partial charge in [-0.3, -0.25) is 14.1 Å². The van der Waals surface area contributed by atoms with Crippen LogP contribution < -0.4 is 5.32 Å². The highest BCUT2D eigenvalue weighted by Gasteiger charge is 2.20. The van der Waals surface area contributed by atoms with E-state index >= 15 is 0 Å². The van der Waals surface area contributed by atoms with Crippen molar-refractivity contribution in [2.75, 3.05) is 39.8 Å². The molecule has 1 aliphatic rings. The Hall–Kier alpha value is -2.19. The quantitative estimate of drug-likeness (QED) is 0.611. The normalized spacial score (nSPS) is 17.2. The standard InChI is InChI=1S/C21H24ClN5OS/c1-25-9-11-26(12-10-25)15-17(16-5-3-2-4-6-16)23-19(28)8-7-18-20(22)24-21-27(18)13-14-29-21/h2-8,13-14,17H,9-12,15H2,1H3,(H,23,28)/b8-7+. The Labute approximate surface area is 179 Å². The molecule has 29 heavy (non-hydrogen) atoms. The summed E-state index contributed by atoms with van der Waals surface area (Å²) in [5, 5.41) is 5.51. The second-order valence-electron chi connectivity index (χ2n) is 7.25. The Kier molecular flexibility index (Phi) is 6.30. The summed E-state index contributed by atoms with van der Waals surface area (Å²) >= 11 is 7.72. The first-order chi connectivity index (χ1) is 14.1. The highest BCUT2D eigenvalue weighted by Crippen LogP contribution is 2.22. The number of aromatic nitrogens is 2. The van der Waals surface area contributed by atoms with E-state index in [4.69, 9.17) is 11.6 Å². The number of nitrogens with one attached hydrogen (secondary N) is 1. The van der Waals surface area contributed by atoms with E-state index in [9.17, 15) is 4.79 Å². The van der Waals surface area contributed by atoms with Gasteiger partial charge in [-0.25, -0.2) is 4.98 Å². The number of benzene rings is 1. The van der Waals surface area contributed by atoms with Gasteiger partial charge in [-0.2, -0.15) is 0 Å². The Morgan fingerprint density at radius 1 is 1.28 bits per heavy atom. The van der Waals surface area contributed by atoms with Crippen LogP contribution in [-0.2, 0) is 4.79 Å². The minimum Gasteiger partial charge on any atom is -0.344 e. The van der Waals surface area contributed by atoms with E-state index in [2.05, 4.69) is 39.3 Å². The second kappa shape index (κ2) is 9.09. The Bertz CT molecular complexity index is 991. The lowest BCUT2D eigenvalue weighted by atomic mass is 10.1. The summed E-state index contributed by atoms with van der Waals surface area (Å²) in [7, 11) is 2.14. The van der Waals surface area contributed by atoms with Crippen LogP contribution in [0.4, 0.5) is 0 Å². The van der Waals surface area contributed by atoms with Crippen LogP contribution in [0.1, 0.15) is 17.3 Å². The van der Waals surface area contributed by atoms with E-state index in [0.717, 1.165) is 43.2 Å². The number of rotatable bonds is 6. The number of hydrogen-bond donors (Lipinski definition) is 1. The molecule has 1 N–H and O–H groups in total. The summed E-state index contributed by atoms with van der Waals surface area (Å²) in [5.41, 5.74) is 1.82. The minimum absolute atomic E-state index is 0.0705. The number of thiazole rings is 1. The van der Waals surface area contributed by atoms with Gasteiger partial charge in [-0.15, -0.1) is 11.3 Å². The lowest BCUT2D eigenvalue weighted by molar-refractivity contribution is -0.117. The zero-order valence-corrected chi connectivity index (χ0v) is 17.9. The summed E-state index contributed by atoms with van der Waals surface area (Å²) in [6, 6.07) is 10.1. The molecule has 3 heterocycles. The lowest BCUT2D eigenvalue weighted by Crippen LogP contribution is -2.47. The van der Waals surface area contributed by atoms with E-state index in [-0.39, 0.29) is 11.9 Å². The number of carbonyl (C=O) groups excluding carboxylic acids is 1. The maximum Gasteiger partial charge on any atom is 0.244 e. The number of nitrogens with zero attached hydrogens (tertiary/aromatic N) is 4. The van der Waals surface area contributed by atoms with Crippen molar-refractivity contribution in [2.45, 2.75) is 6.04 Å². The van der Waals surface area contributed by atoms with Crippen molar-refractivity contribution in [3.05, 3.63) is 64.4 Å². The van der Waals surface area contributed by atoms with Crippen LogP contribution in [0, 0.1) is 0 Å². The fraction of sp³-hybridized carbons (Fsp3) is 0.333. The Morgan fingerprint density at radius 3 is 2.79 bits per heavy atom. The predicted octanol–water partition coefficient (Wildman–Crippen LogP) is 3.17. The van der Waals surface area contributed by atoms with E-state index in [1.54, 1.807) is 6.08 Å². The molecule has 4 rings (SSSR count). The third-order valence-electron chi connectivity index (χ3n) is 5.20. The van der Waals surface area contributed by atoms with Gasteiger partial charge in [0, 0.05) is 50.4 Å². The second-order valence-corrected chi connectivity index (χ2v) is 8.48. The number of likely N-dealkylation sites (N-methyl/N-ethyl adjacent to an activating group) is 1. The number of carbonyl (C=O) groups is 1. The van der Waals surface area contributed by atoms with E-state index in [0.29, 0.717) is 10.8 Å². The van der Waals surface area contributed by atoms with Crippen LogP contribution in [0.5, 0.6) is 0 Å². The third kappa shape index (κ3) is 4.87. The molecule has 1 unspecified atom stereocenters. The molecule has 1 amide bonds. The summed E-state index contributed by atoms with van der Waals surface area (Å²) in [5.74, 6) is -0.144. The molecule has 1 atom stereocenters. The molecule has 0 bridgehead atoms. The fourth-order valence-corrected chi connectivity index (χ4v) is 4.51. The molecule has 1 saturated heterocycles. The summed E-state index contributed by atoms with van der Waals surface area (Å²) in [4.78, 5) is 22.6. The molecule has 0 radical (unpaired) electrons. The summed E-state index contributed by atoms with van der Waals surface area (Å²) < 4.78 is 1.88. The first-order valence-electron chi connectivity index (χ1n) is 9.65. The van der Waals surface area contributed by atoms with E-state index in [1.165, 1.54) is 17.4 Å². The van der Waals surface area contributed by atoms with Crippen molar-refractivity contribution in [3.8, 4) is 0 Å². The SMILES string of the molecule is CN1CCN(CC(NC(=O)/C=C/c2c(Cl)nc3sccn23)c2ccccc2)CC1. The molecular formula is C21H24ClN5OS. The number of piperazine rings is 1. The van der Waals surface area contributed by atoms with Gasteiger partial charge in [0.1, 0.15) is 0 Å². The summed E-state index contributed by atoms with van der Waals surface area (Å²) in [6.07, 6.45) is 5.16. The molecule has 8 heteroatoms. The molecule has 1 aliphatic heterocycles. The van der Waals surface area contributed by atoms with Crippen molar-refractivity contribution < 1.29 is 4.79 Å². The van der Waals surface area contributed by atoms with Gasteiger partial charge in [0.15, 0.2) is 10.1 Å². The number of fused-ring (bicyclic) bond motifs is 1. The van der Waals surface area contributed by atoms with Crippen LogP contribution in [-0.4, -0.2) is 64.9 Å². The topological polar surface area (TPSA) is 52.9 Å². The average Bonchev–Trinajstić information content (AvgIpc) is 3.29. The Balaban J connectivity index is 1.47. The molecule has 1 aromatic carbocycles. The number of hydrogen-bond acceptors (Lipinski definition) is 5. The van der Waals surface area contributed by atoms with Gasteiger partial charge in [-0.1, -0.05) is 41.9 Å². The zero-order valence-electron chi connectivity index (χ0n) is 16.3. The first kappa shape index (κ1) is 20.1. The average molecular weight is 430 g/mol. The molecule has 6 nitrogen and oxygen atoms in total. The molecule has 2 aromatic heterocycles. The van der Waals surface area contributed by atoms with Gasteiger partial charge in [0.25, 0.3) is 0 Å². The van der Waals surface area contributed by atoms with Crippen LogP contribution in [0.2, 0.25) is 5.15 Å². The summed E-state index contributed by atoms with van der Waals surface area (Å²) in [6.45, 7) is 4.90. The minimum atomic E-state index is -0.144. The highest BCUT2D eigenvalue weighted by molar-refractivity contribution is 7.15. The van der Waals surface area contributed by atoms with Crippen LogP contribution in [0.15, 0.2) is 48.0 Å². The van der Waals surface area contributed by atoms with Gasteiger partial charge in [0.05, 0.1) is 11.7 Å². The molecule has 3 aromatic rings. The smallest absolute Gasteiger partial charge is 0.244 e. The molecular weight excluding hydrogens is 406 g/mol. The first-order valence-corrected chi connectivity index (χ1v) is 10.9. The zero-order chi connectivity index (χ0) is 20.2. The van der Waals surface area contributed by atoms with Gasteiger partial charge in [-0.05, 0) is 18.7 Å². The maximum absolute atomic E-state index is 12.7. The molecule has 1 fully saturated rings. The van der Waals surface area contributed by atoms with Crippen molar-refractivity contribution >= 4 is 39.9 Å². The molecule has 152 valence electrons. The molecule has 0 spiro atoms. The van der Waals surface area contributed by atoms with Crippen molar-refractivity contribution in [1.29, 1.82) is 0 Å². The van der Waals surface area contributed by atoms with Crippen LogP contribution in [0.3, 0.4) is 0 Å². The fourth-order valence-electron chi connectivity index (χ4n) is 3.51. The van der Waals surface area contributed by atoms with E-state index in [1.807, 2.05) is 34.2 Å². The van der Waals surface area contributed by atoms with Crippen molar-refractivity contribution in [2.24, 2.45) is 0 Å². The maximum atomic E-state index is 12.7. The van der Waals surface area contributed by atoms with E-state index < -0.39 is 0 Å². The van der Waals surface area contributed by atoms with Crippen LogP contribution >= 0.6 is 22.9 Å². The highest BCUT2D eigenvalue weighted by atomic mass is 35.5. The third-order valence-corrected chi connectivity index (χ3v) is 6.24. The number of halogens is 1. The molecule has 0 saturated carbocycles. The van der Waals surface area contributed by atoms with Crippen molar-refractivity contribution in [1.82, 2.24) is 24.5 Å².